The summed E-state index contributed by atoms with van der Waals surface area (Å²) in [4.78, 5) is 40.5. The van der Waals surface area contributed by atoms with Crippen LogP contribution in [-0.4, -0.2) is 54.5 Å². The average Bonchev–Trinajstić information content (AvgIpc) is 3.02. The first kappa shape index (κ1) is 28.0. The Balaban J connectivity index is 1.85. The number of carbonyl (C=O) groups excluding carboxylic acids is 3. The lowest BCUT2D eigenvalue weighted by atomic mass is 10.1. The van der Waals surface area contributed by atoms with Crippen molar-refractivity contribution in [2.75, 3.05) is 13.1 Å². The molecule has 36 heavy (non-hydrogen) atoms. The molecule has 0 bridgehead atoms. The molecule has 0 radical (unpaired) electrons. The number of sulfonamides is 1. The summed E-state index contributed by atoms with van der Waals surface area (Å²) < 4.78 is 26.5. The number of rotatable bonds is 10. The van der Waals surface area contributed by atoms with Crippen molar-refractivity contribution in [2.45, 2.75) is 51.1 Å². The fourth-order valence-corrected chi connectivity index (χ4v) is 6.01. The smallest absolute Gasteiger partial charge is 0.269 e. The number of halogens is 2. The number of hydrogen-bond acceptors (Lipinski definition) is 5. The Morgan fingerprint density at radius 3 is 2.42 bits per heavy atom. The number of amides is 3. The Labute approximate surface area is 221 Å². The lowest BCUT2D eigenvalue weighted by Crippen LogP contribution is -2.50. The van der Waals surface area contributed by atoms with Crippen molar-refractivity contribution in [1.82, 2.24) is 14.5 Å². The number of fused-ring (bicyclic) bond motifs is 1. The van der Waals surface area contributed by atoms with Gasteiger partial charge in [-0.3, -0.25) is 14.4 Å². The fraction of sp³-hybridized carbons (Fsp3) is 0.400. The van der Waals surface area contributed by atoms with E-state index in [1.54, 1.807) is 31.2 Å². The highest BCUT2D eigenvalue weighted by Gasteiger charge is 2.41. The Morgan fingerprint density at radius 1 is 1.11 bits per heavy atom. The van der Waals surface area contributed by atoms with Crippen LogP contribution in [0.25, 0.3) is 0 Å². The Hall–Kier alpha value is -2.62. The maximum atomic E-state index is 13.5. The van der Waals surface area contributed by atoms with Gasteiger partial charge in [-0.1, -0.05) is 62.2 Å². The molecule has 3 amide bonds. The van der Waals surface area contributed by atoms with Gasteiger partial charge in [0.15, 0.2) is 0 Å². The molecule has 0 unspecified atom stereocenters. The SMILES string of the molecule is CC[C@H](C(=O)NCC(C)C)N(Cc1ccc(Cl)cc1Cl)C(=O)CCN1C(=O)c2ccccc2S1(=O)=O. The highest BCUT2D eigenvalue weighted by atomic mass is 35.5. The zero-order valence-electron chi connectivity index (χ0n) is 20.3. The van der Waals surface area contributed by atoms with Crippen LogP contribution in [0.3, 0.4) is 0 Å². The normalized spacial score (nSPS) is 15.1. The highest BCUT2D eigenvalue weighted by molar-refractivity contribution is 7.90. The van der Waals surface area contributed by atoms with Crippen molar-refractivity contribution in [3.63, 3.8) is 0 Å². The Morgan fingerprint density at radius 2 is 1.81 bits per heavy atom. The number of nitrogens with one attached hydrogen (secondary N) is 1. The van der Waals surface area contributed by atoms with Crippen molar-refractivity contribution >= 4 is 50.9 Å². The molecule has 0 fully saturated rings. The lowest BCUT2D eigenvalue weighted by Gasteiger charge is -2.31. The molecule has 1 heterocycles. The summed E-state index contributed by atoms with van der Waals surface area (Å²) >= 11 is 12.3. The van der Waals surface area contributed by atoms with Gasteiger partial charge in [0.1, 0.15) is 10.9 Å². The lowest BCUT2D eigenvalue weighted by molar-refractivity contribution is -0.141. The standard InChI is InChI=1S/C25H29Cl2N3O5S/c1-4-21(24(32)28-14-16(2)3)29(15-17-9-10-18(26)13-20(17)27)23(31)11-12-30-25(33)19-7-5-6-8-22(19)36(30,34)35/h5-10,13,16,21H,4,11-12,14-15H2,1-3H3,(H,28,32)/t21-/m1/s1. The van der Waals surface area contributed by atoms with E-state index in [2.05, 4.69) is 5.32 Å². The van der Waals surface area contributed by atoms with Gasteiger partial charge in [-0.05, 0) is 42.2 Å². The minimum atomic E-state index is -4.05. The van der Waals surface area contributed by atoms with Crippen LogP contribution in [0.1, 0.15) is 49.5 Å². The van der Waals surface area contributed by atoms with Crippen molar-refractivity contribution in [3.8, 4) is 0 Å². The molecule has 1 atom stereocenters. The molecule has 0 aromatic heterocycles. The maximum Gasteiger partial charge on any atom is 0.269 e. The van der Waals surface area contributed by atoms with Gasteiger partial charge in [0.2, 0.25) is 11.8 Å². The second-order valence-corrected chi connectivity index (χ2v) is 11.6. The first-order valence-electron chi connectivity index (χ1n) is 11.6. The summed E-state index contributed by atoms with van der Waals surface area (Å²) in [5.74, 6) is -1.25. The third-order valence-electron chi connectivity index (χ3n) is 5.87. The highest BCUT2D eigenvalue weighted by Crippen LogP contribution is 2.30. The Bertz CT molecular complexity index is 1270. The van der Waals surface area contributed by atoms with Gasteiger partial charge in [0, 0.05) is 36.1 Å². The van der Waals surface area contributed by atoms with Crippen LogP contribution in [0, 0.1) is 5.92 Å². The third-order valence-corrected chi connectivity index (χ3v) is 8.29. The second-order valence-electron chi connectivity index (χ2n) is 8.95. The molecule has 194 valence electrons. The fourth-order valence-electron chi connectivity index (χ4n) is 3.97. The molecular weight excluding hydrogens is 525 g/mol. The third kappa shape index (κ3) is 6.02. The molecule has 2 aromatic rings. The van der Waals surface area contributed by atoms with Crippen molar-refractivity contribution < 1.29 is 22.8 Å². The van der Waals surface area contributed by atoms with E-state index < -0.39 is 27.9 Å². The predicted octanol–water partition coefficient (Wildman–Crippen LogP) is 4.11. The molecular formula is C25H29Cl2N3O5S. The summed E-state index contributed by atoms with van der Waals surface area (Å²) in [5.41, 5.74) is 0.663. The maximum absolute atomic E-state index is 13.5. The molecule has 1 aliphatic heterocycles. The van der Waals surface area contributed by atoms with Crippen molar-refractivity contribution in [2.24, 2.45) is 5.92 Å². The van der Waals surface area contributed by atoms with Gasteiger partial charge >= 0.3 is 0 Å². The largest absolute Gasteiger partial charge is 0.354 e. The van der Waals surface area contributed by atoms with Gasteiger partial charge in [-0.2, -0.15) is 0 Å². The topological polar surface area (TPSA) is 104 Å². The molecule has 0 saturated heterocycles. The minimum Gasteiger partial charge on any atom is -0.354 e. The molecule has 1 N–H and O–H groups in total. The molecule has 1 aliphatic rings. The van der Waals surface area contributed by atoms with Gasteiger partial charge in [-0.25, -0.2) is 12.7 Å². The number of hydrogen-bond donors (Lipinski definition) is 1. The summed E-state index contributed by atoms with van der Waals surface area (Å²) in [5, 5.41) is 3.63. The predicted molar refractivity (Wildman–Crippen MR) is 138 cm³/mol. The van der Waals surface area contributed by atoms with E-state index in [1.165, 1.54) is 23.1 Å². The molecule has 0 saturated carbocycles. The number of benzene rings is 2. The van der Waals surface area contributed by atoms with Crippen LogP contribution in [0.4, 0.5) is 0 Å². The van der Waals surface area contributed by atoms with E-state index >= 15 is 0 Å². The van der Waals surface area contributed by atoms with E-state index in [1.807, 2.05) is 13.8 Å². The van der Waals surface area contributed by atoms with Gasteiger partial charge in [-0.15, -0.1) is 0 Å². The first-order valence-corrected chi connectivity index (χ1v) is 13.8. The van der Waals surface area contributed by atoms with Crippen LogP contribution in [0.15, 0.2) is 47.4 Å². The summed E-state index contributed by atoms with van der Waals surface area (Å²) in [6.07, 6.45) is 0.0331. The van der Waals surface area contributed by atoms with E-state index in [0.29, 0.717) is 32.9 Å². The summed E-state index contributed by atoms with van der Waals surface area (Å²) in [7, 11) is -4.05. The minimum absolute atomic E-state index is 0.0172. The first-order chi connectivity index (χ1) is 17.0. The van der Waals surface area contributed by atoms with Crippen molar-refractivity contribution in [1.29, 1.82) is 0 Å². The van der Waals surface area contributed by atoms with Crippen molar-refractivity contribution in [3.05, 3.63) is 63.6 Å². The van der Waals surface area contributed by atoms with E-state index in [4.69, 9.17) is 23.2 Å². The zero-order chi connectivity index (χ0) is 26.6. The van der Waals surface area contributed by atoms with Crippen LogP contribution in [0.5, 0.6) is 0 Å². The molecule has 2 aromatic carbocycles. The van der Waals surface area contributed by atoms with E-state index in [0.717, 1.165) is 0 Å². The molecule has 8 nitrogen and oxygen atoms in total. The van der Waals surface area contributed by atoms with Crippen LogP contribution in [-0.2, 0) is 26.2 Å². The Kier molecular flexibility index (Phi) is 9.03. The van der Waals surface area contributed by atoms with Crippen LogP contribution >= 0.6 is 23.2 Å². The average molecular weight is 554 g/mol. The molecule has 0 spiro atoms. The van der Waals surface area contributed by atoms with Crippen LogP contribution < -0.4 is 5.32 Å². The molecule has 0 aliphatic carbocycles. The van der Waals surface area contributed by atoms with Gasteiger partial charge < -0.3 is 10.2 Å². The van der Waals surface area contributed by atoms with E-state index in [-0.39, 0.29) is 41.8 Å². The zero-order valence-corrected chi connectivity index (χ0v) is 22.7. The molecule has 3 rings (SSSR count). The number of carbonyl (C=O) groups is 3. The van der Waals surface area contributed by atoms with Crippen LogP contribution in [0.2, 0.25) is 10.0 Å². The monoisotopic (exact) mass is 553 g/mol. The second kappa shape index (κ2) is 11.6. The van der Waals surface area contributed by atoms with Gasteiger partial charge in [0.05, 0.1) is 5.56 Å². The number of nitrogens with zero attached hydrogens (tertiary/aromatic N) is 2. The van der Waals surface area contributed by atoms with E-state index in [9.17, 15) is 22.8 Å². The summed E-state index contributed by atoms with van der Waals surface area (Å²) in [6, 6.07) is 9.98. The summed E-state index contributed by atoms with van der Waals surface area (Å²) in [6.45, 7) is 5.82. The van der Waals surface area contributed by atoms with Gasteiger partial charge in [0.25, 0.3) is 15.9 Å². The quantitative estimate of drug-likeness (QED) is 0.476. The molecule has 11 heteroatoms.